The van der Waals surface area contributed by atoms with Gasteiger partial charge in [-0.15, -0.1) is 0 Å². The molecule has 19 heavy (non-hydrogen) atoms. The Bertz CT molecular complexity index is 264. The lowest BCUT2D eigenvalue weighted by molar-refractivity contribution is 0.141. The van der Waals surface area contributed by atoms with Gasteiger partial charge in [0.2, 0.25) is 0 Å². The van der Waals surface area contributed by atoms with Crippen molar-refractivity contribution < 1.29 is 26.6 Å². The zero-order valence-electron chi connectivity index (χ0n) is 12.3. The molecule has 0 heterocycles. The number of hydrogen-bond donors (Lipinski definition) is 0. The van der Waals surface area contributed by atoms with Crippen molar-refractivity contribution >= 4 is 16.5 Å². The summed E-state index contributed by atoms with van der Waals surface area (Å²) in [4.78, 5) is 0. The lowest BCUT2D eigenvalue weighted by Crippen LogP contribution is -2.37. The lowest BCUT2D eigenvalue weighted by atomic mass is 10.6. The minimum Gasteiger partial charge on any atom is -0.371 e. The van der Waals surface area contributed by atoms with Gasteiger partial charge in [-0.2, -0.15) is 0 Å². The lowest BCUT2D eigenvalue weighted by Gasteiger charge is -2.22. The van der Waals surface area contributed by atoms with E-state index in [9.17, 15) is 8.67 Å². The molecule has 0 aliphatic carbocycles. The highest BCUT2D eigenvalue weighted by Crippen LogP contribution is 2.49. The Morgan fingerprint density at radius 2 is 1.42 bits per heavy atom. The van der Waals surface area contributed by atoms with Gasteiger partial charge >= 0.3 is 16.5 Å². The maximum atomic E-state index is 14.3. The zero-order chi connectivity index (χ0) is 14.8. The molecule has 0 atom stereocenters. The number of halogens is 1. The topological polar surface area (TPSA) is 54.0 Å². The second-order valence-corrected chi connectivity index (χ2v) is 8.38. The molecule has 0 radical (unpaired) electrons. The predicted octanol–water partition coefficient (Wildman–Crippen LogP) is 3.62. The van der Waals surface area contributed by atoms with Crippen molar-refractivity contribution in [2.24, 2.45) is 0 Å². The van der Waals surface area contributed by atoms with Crippen LogP contribution < -0.4 is 0 Å². The fraction of sp³-hybridized carbons (Fsp3) is 1.00. The molecule has 0 N–H and O–H groups in total. The van der Waals surface area contributed by atoms with E-state index in [0.717, 1.165) is 0 Å². The van der Waals surface area contributed by atoms with E-state index < -0.39 is 16.5 Å². The third kappa shape index (κ3) is 8.17. The van der Waals surface area contributed by atoms with Gasteiger partial charge in [0, 0.05) is 19.3 Å². The third-order valence-electron chi connectivity index (χ3n) is 2.28. The van der Waals surface area contributed by atoms with E-state index in [4.69, 9.17) is 17.9 Å². The minimum atomic E-state index is -3.63. The average Bonchev–Trinajstić information content (AvgIpc) is 2.29. The van der Waals surface area contributed by atoms with Crippen molar-refractivity contribution in [2.75, 3.05) is 32.6 Å². The number of rotatable bonds is 12. The molecular weight excluding hydrogens is 290 g/mol. The normalized spacial score (nSPS) is 12.9. The Balaban J connectivity index is 4.32. The monoisotopic (exact) mass is 316 g/mol. The van der Waals surface area contributed by atoms with E-state index in [-0.39, 0.29) is 25.4 Å². The maximum Gasteiger partial charge on any atom is 0.540 e. The van der Waals surface area contributed by atoms with Crippen LogP contribution >= 0.6 is 7.60 Å². The Morgan fingerprint density at radius 3 is 1.79 bits per heavy atom. The predicted molar refractivity (Wildman–Crippen MR) is 75.3 cm³/mol. The molecule has 0 fully saturated rings. The Labute approximate surface area is 116 Å². The van der Waals surface area contributed by atoms with Gasteiger partial charge in [-0.1, -0.05) is 0 Å². The van der Waals surface area contributed by atoms with Crippen molar-refractivity contribution in [2.45, 2.75) is 40.2 Å². The van der Waals surface area contributed by atoms with Gasteiger partial charge < -0.3 is 17.9 Å². The van der Waals surface area contributed by atoms with E-state index >= 15 is 0 Å². The molecule has 8 heteroatoms. The molecular formula is C11H26FO5PSi. The summed E-state index contributed by atoms with van der Waals surface area (Å²) in [5, 5.41) is 0. The molecule has 0 saturated heterocycles. The molecule has 0 rings (SSSR count). The van der Waals surface area contributed by atoms with E-state index in [1.807, 2.05) is 0 Å². The van der Waals surface area contributed by atoms with Crippen LogP contribution in [0.5, 0.6) is 0 Å². The van der Waals surface area contributed by atoms with Crippen molar-refractivity contribution in [3.8, 4) is 0 Å². The van der Waals surface area contributed by atoms with Crippen LogP contribution in [0, 0.1) is 0 Å². The summed E-state index contributed by atoms with van der Waals surface area (Å²) in [5.74, 6) is 0. The first kappa shape index (κ1) is 19.2. The van der Waals surface area contributed by atoms with E-state index in [2.05, 4.69) is 0 Å². The van der Waals surface area contributed by atoms with Crippen LogP contribution in [0.25, 0.3) is 0 Å². The highest BCUT2D eigenvalue weighted by Gasteiger charge is 2.39. The second-order valence-electron chi connectivity index (χ2n) is 3.80. The van der Waals surface area contributed by atoms with Crippen LogP contribution in [0.15, 0.2) is 0 Å². The molecule has 0 spiro atoms. The minimum absolute atomic E-state index is 0.138. The molecule has 5 nitrogen and oxygen atoms in total. The summed E-state index contributed by atoms with van der Waals surface area (Å²) in [6.45, 7) is 8.13. The largest absolute Gasteiger partial charge is 0.540 e. The van der Waals surface area contributed by atoms with Crippen molar-refractivity contribution in [1.82, 2.24) is 0 Å². The Hall–Kier alpha value is 0.217. The third-order valence-corrected chi connectivity index (χ3v) is 6.84. The molecule has 0 amide bonds. The van der Waals surface area contributed by atoms with Crippen LogP contribution in [-0.4, -0.2) is 41.5 Å². The summed E-state index contributed by atoms with van der Waals surface area (Å²) in [5.41, 5.74) is 0. The summed E-state index contributed by atoms with van der Waals surface area (Å²) < 4.78 is 46.9. The molecule has 116 valence electrons. The highest BCUT2D eigenvalue weighted by atomic mass is 31.2. The van der Waals surface area contributed by atoms with Crippen molar-refractivity contribution in [3.63, 3.8) is 0 Å². The van der Waals surface area contributed by atoms with Crippen LogP contribution in [0.2, 0.25) is 6.04 Å². The second kappa shape index (κ2) is 10.0. The van der Waals surface area contributed by atoms with Gasteiger partial charge in [0.15, 0.2) is 0 Å². The summed E-state index contributed by atoms with van der Waals surface area (Å²) >= 11 is 0. The average molecular weight is 316 g/mol. The van der Waals surface area contributed by atoms with E-state index in [1.165, 1.54) is 0 Å². The first-order chi connectivity index (χ1) is 8.95. The molecule has 0 unspecified atom stereocenters. The van der Waals surface area contributed by atoms with Crippen LogP contribution in [0.3, 0.4) is 0 Å². The van der Waals surface area contributed by atoms with Crippen LogP contribution in [0.1, 0.15) is 34.1 Å². The van der Waals surface area contributed by atoms with Gasteiger partial charge in [0.05, 0.1) is 19.4 Å². The maximum absolute atomic E-state index is 14.3. The fourth-order valence-electron chi connectivity index (χ4n) is 1.66. The fourth-order valence-corrected chi connectivity index (χ4v) is 5.46. The summed E-state index contributed by atoms with van der Waals surface area (Å²) in [6, 6.07) is 0.138. The highest BCUT2D eigenvalue weighted by molar-refractivity contribution is 7.53. The standard InChI is InChI=1S/C11H26FO5PSi/c1-5-14-18(13,15-6-2)10-9-11-19(12,16-7-3)17-8-4/h5-11H2,1-4H3. The number of hydrogen-bond acceptors (Lipinski definition) is 5. The van der Waals surface area contributed by atoms with Crippen molar-refractivity contribution in [3.05, 3.63) is 0 Å². The Morgan fingerprint density at radius 1 is 0.947 bits per heavy atom. The van der Waals surface area contributed by atoms with Crippen molar-refractivity contribution in [1.29, 1.82) is 0 Å². The summed E-state index contributed by atoms with van der Waals surface area (Å²) in [7, 11) is -6.73. The first-order valence-corrected chi connectivity index (χ1v) is 10.4. The molecule has 0 bridgehead atoms. The van der Waals surface area contributed by atoms with Crippen LogP contribution in [-0.2, 0) is 22.5 Å². The van der Waals surface area contributed by atoms with E-state index in [1.54, 1.807) is 27.7 Å². The quantitative estimate of drug-likeness (QED) is 0.313. The van der Waals surface area contributed by atoms with Crippen LogP contribution in [0.4, 0.5) is 4.11 Å². The van der Waals surface area contributed by atoms with Gasteiger partial charge in [-0.25, -0.2) is 4.11 Å². The molecule has 0 aliphatic rings. The van der Waals surface area contributed by atoms with Gasteiger partial charge in [0.1, 0.15) is 0 Å². The molecule has 0 aromatic carbocycles. The zero-order valence-corrected chi connectivity index (χ0v) is 14.2. The molecule has 0 aromatic heterocycles. The van der Waals surface area contributed by atoms with Gasteiger partial charge in [-0.05, 0) is 34.1 Å². The van der Waals surface area contributed by atoms with Gasteiger partial charge in [0.25, 0.3) is 0 Å². The Kier molecular flexibility index (Phi) is 10.1. The molecule has 0 saturated carbocycles. The van der Waals surface area contributed by atoms with Gasteiger partial charge in [-0.3, -0.25) is 4.57 Å². The van der Waals surface area contributed by atoms with E-state index in [0.29, 0.717) is 19.6 Å². The molecule has 0 aromatic rings. The SMILES string of the molecule is CCO[Si](F)(CCCP(=O)(OCC)OCC)OCC. The summed E-state index contributed by atoms with van der Waals surface area (Å²) in [6.07, 6.45) is 0.549. The molecule has 0 aliphatic heterocycles. The smallest absolute Gasteiger partial charge is 0.371 e. The first-order valence-electron chi connectivity index (χ1n) is 6.80.